The molecule has 0 bridgehead atoms. The minimum absolute atomic E-state index is 0.457. The van der Waals surface area contributed by atoms with Gasteiger partial charge in [0.15, 0.2) is 0 Å². The molecule has 0 aliphatic heterocycles. The molecule has 0 aromatic carbocycles. The van der Waals surface area contributed by atoms with E-state index < -0.39 is 0 Å². The summed E-state index contributed by atoms with van der Waals surface area (Å²) >= 11 is 0. The third-order valence-electron chi connectivity index (χ3n) is 2.68. The van der Waals surface area contributed by atoms with Crippen molar-refractivity contribution < 1.29 is 4.74 Å². The van der Waals surface area contributed by atoms with Crippen LogP contribution in [0.25, 0.3) is 0 Å². The van der Waals surface area contributed by atoms with Gasteiger partial charge in [0.2, 0.25) is 5.88 Å². The van der Waals surface area contributed by atoms with Gasteiger partial charge in [-0.05, 0) is 24.3 Å². The van der Waals surface area contributed by atoms with Gasteiger partial charge in [0.25, 0.3) is 0 Å². The molecule has 0 saturated carbocycles. The second-order valence-corrected chi connectivity index (χ2v) is 4.53. The van der Waals surface area contributed by atoms with Gasteiger partial charge in [-0.3, -0.25) is 0 Å². The lowest BCUT2D eigenvalue weighted by Crippen LogP contribution is -2.14. The molecule has 1 aromatic rings. The Kier molecular flexibility index (Phi) is 5.35. The zero-order valence-corrected chi connectivity index (χ0v) is 11.3. The zero-order valence-electron chi connectivity index (χ0n) is 11.3. The quantitative estimate of drug-likeness (QED) is 0.823. The molecule has 0 unspecified atom stereocenters. The van der Waals surface area contributed by atoms with E-state index in [2.05, 4.69) is 37.9 Å². The van der Waals surface area contributed by atoms with Crippen molar-refractivity contribution in [1.29, 1.82) is 0 Å². The van der Waals surface area contributed by atoms with E-state index in [0.717, 1.165) is 24.1 Å². The minimum Gasteiger partial charge on any atom is -0.476 e. The molecule has 17 heavy (non-hydrogen) atoms. The Morgan fingerprint density at radius 3 is 2.29 bits per heavy atom. The largest absolute Gasteiger partial charge is 0.476 e. The fraction of sp³-hybridized carbons (Fsp3) is 0.692. The topological polar surface area (TPSA) is 61.0 Å². The van der Waals surface area contributed by atoms with Crippen LogP contribution in [0.4, 0.5) is 0 Å². The van der Waals surface area contributed by atoms with Crippen molar-refractivity contribution in [2.24, 2.45) is 11.7 Å². The molecule has 2 N–H and O–H groups in total. The average Bonchev–Trinajstić information content (AvgIpc) is 2.34. The van der Waals surface area contributed by atoms with Gasteiger partial charge in [0.1, 0.15) is 0 Å². The van der Waals surface area contributed by atoms with Gasteiger partial charge in [-0.15, -0.1) is 5.10 Å². The van der Waals surface area contributed by atoms with E-state index in [4.69, 9.17) is 10.5 Å². The molecule has 4 heteroatoms. The molecule has 1 aromatic heterocycles. The minimum atomic E-state index is 0.457. The monoisotopic (exact) mass is 237 g/mol. The maximum absolute atomic E-state index is 5.81. The molecule has 0 atom stereocenters. The number of ether oxygens (including phenoxy) is 1. The Morgan fingerprint density at radius 1 is 1.12 bits per heavy atom. The van der Waals surface area contributed by atoms with Crippen LogP contribution in [-0.2, 0) is 19.4 Å². The number of hydrogen-bond donors (Lipinski definition) is 1. The van der Waals surface area contributed by atoms with E-state index in [0.29, 0.717) is 24.9 Å². The number of rotatable bonds is 6. The molecular weight excluding hydrogens is 214 g/mol. The first-order valence-electron chi connectivity index (χ1n) is 6.34. The molecule has 1 rings (SSSR count). The van der Waals surface area contributed by atoms with Gasteiger partial charge in [-0.1, -0.05) is 27.7 Å². The van der Waals surface area contributed by atoms with Crippen LogP contribution in [0.15, 0.2) is 0 Å². The van der Waals surface area contributed by atoms with E-state index in [9.17, 15) is 0 Å². The van der Waals surface area contributed by atoms with Crippen LogP contribution < -0.4 is 10.5 Å². The van der Waals surface area contributed by atoms with Gasteiger partial charge in [-0.25, -0.2) is 0 Å². The van der Waals surface area contributed by atoms with Crippen molar-refractivity contribution in [3.63, 3.8) is 0 Å². The van der Waals surface area contributed by atoms with Crippen LogP contribution in [0.5, 0.6) is 5.88 Å². The average molecular weight is 237 g/mol. The Balaban J connectivity index is 3.05. The lowest BCUT2D eigenvalue weighted by Gasteiger charge is -2.15. The first-order valence-corrected chi connectivity index (χ1v) is 6.34. The highest BCUT2D eigenvalue weighted by molar-refractivity contribution is 5.36. The number of aromatic nitrogens is 2. The van der Waals surface area contributed by atoms with Crippen LogP contribution >= 0.6 is 0 Å². The van der Waals surface area contributed by atoms with Gasteiger partial charge < -0.3 is 10.5 Å². The lowest BCUT2D eigenvalue weighted by molar-refractivity contribution is 0.255. The third-order valence-corrected chi connectivity index (χ3v) is 2.68. The van der Waals surface area contributed by atoms with E-state index in [1.807, 2.05) is 0 Å². The molecule has 0 saturated heterocycles. The highest BCUT2D eigenvalue weighted by Crippen LogP contribution is 2.22. The Labute approximate surface area is 104 Å². The summed E-state index contributed by atoms with van der Waals surface area (Å²) in [7, 11) is 0. The third kappa shape index (κ3) is 3.40. The van der Waals surface area contributed by atoms with Gasteiger partial charge >= 0.3 is 0 Å². The molecule has 0 amide bonds. The van der Waals surface area contributed by atoms with Crippen LogP contribution in [0.3, 0.4) is 0 Å². The van der Waals surface area contributed by atoms with E-state index >= 15 is 0 Å². The van der Waals surface area contributed by atoms with E-state index in [-0.39, 0.29) is 0 Å². The Hall–Kier alpha value is -1.16. The van der Waals surface area contributed by atoms with Gasteiger partial charge in [0.05, 0.1) is 12.3 Å². The van der Waals surface area contributed by atoms with Crippen LogP contribution in [0.1, 0.15) is 44.5 Å². The standard InChI is InChI=1S/C13H23N3O/c1-5-10-11(7-14)13(17-8-9(3)4)16-15-12(10)6-2/h9H,5-8,14H2,1-4H3. The van der Waals surface area contributed by atoms with Crippen LogP contribution in [0.2, 0.25) is 0 Å². The number of aryl methyl sites for hydroxylation is 1. The first-order chi connectivity index (χ1) is 8.13. The van der Waals surface area contributed by atoms with Crippen molar-refractivity contribution in [2.45, 2.75) is 47.1 Å². The fourth-order valence-electron chi connectivity index (χ4n) is 1.80. The predicted molar refractivity (Wildman–Crippen MR) is 69.0 cm³/mol. The summed E-state index contributed by atoms with van der Waals surface area (Å²) in [5.74, 6) is 1.08. The molecule has 4 nitrogen and oxygen atoms in total. The normalized spacial score (nSPS) is 10.9. The first kappa shape index (κ1) is 13.9. The van der Waals surface area contributed by atoms with Gasteiger partial charge in [0, 0.05) is 12.1 Å². The SMILES string of the molecule is CCc1nnc(OCC(C)C)c(CN)c1CC. The second-order valence-electron chi connectivity index (χ2n) is 4.53. The fourth-order valence-corrected chi connectivity index (χ4v) is 1.80. The highest BCUT2D eigenvalue weighted by Gasteiger charge is 2.14. The number of nitrogens with zero attached hydrogens (tertiary/aromatic N) is 2. The van der Waals surface area contributed by atoms with Crippen molar-refractivity contribution in [3.8, 4) is 5.88 Å². The summed E-state index contributed by atoms with van der Waals surface area (Å²) in [6, 6.07) is 0. The van der Waals surface area contributed by atoms with Crippen molar-refractivity contribution in [2.75, 3.05) is 6.61 Å². The summed E-state index contributed by atoms with van der Waals surface area (Å²) in [6.07, 6.45) is 1.80. The maximum Gasteiger partial charge on any atom is 0.238 e. The van der Waals surface area contributed by atoms with E-state index in [1.54, 1.807) is 0 Å². The molecule has 96 valence electrons. The van der Waals surface area contributed by atoms with Crippen LogP contribution in [0, 0.1) is 5.92 Å². The Morgan fingerprint density at radius 2 is 1.82 bits per heavy atom. The van der Waals surface area contributed by atoms with Crippen molar-refractivity contribution >= 4 is 0 Å². The summed E-state index contributed by atoms with van der Waals surface area (Å²) in [4.78, 5) is 0. The molecular formula is C13H23N3O. The van der Waals surface area contributed by atoms with Crippen molar-refractivity contribution in [3.05, 3.63) is 16.8 Å². The van der Waals surface area contributed by atoms with Crippen LogP contribution in [-0.4, -0.2) is 16.8 Å². The summed E-state index contributed by atoms with van der Waals surface area (Å²) < 4.78 is 5.68. The molecule has 0 aliphatic carbocycles. The predicted octanol–water partition coefficient (Wildman–Crippen LogP) is 2.09. The van der Waals surface area contributed by atoms with Gasteiger partial charge in [-0.2, -0.15) is 5.10 Å². The lowest BCUT2D eigenvalue weighted by atomic mass is 10.0. The molecule has 0 aliphatic rings. The summed E-state index contributed by atoms with van der Waals surface area (Å²) in [6.45, 7) is 9.52. The molecule has 1 heterocycles. The number of nitrogens with two attached hydrogens (primary N) is 1. The zero-order chi connectivity index (χ0) is 12.8. The van der Waals surface area contributed by atoms with E-state index in [1.165, 1.54) is 5.56 Å². The van der Waals surface area contributed by atoms with Crippen molar-refractivity contribution in [1.82, 2.24) is 10.2 Å². The second kappa shape index (κ2) is 6.55. The summed E-state index contributed by atoms with van der Waals surface area (Å²) in [5, 5.41) is 8.37. The molecule has 0 fully saturated rings. The smallest absolute Gasteiger partial charge is 0.238 e. The highest BCUT2D eigenvalue weighted by atomic mass is 16.5. The molecule has 0 radical (unpaired) electrons. The molecule has 0 spiro atoms. The number of hydrogen-bond acceptors (Lipinski definition) is 4. The maximum atomic E-state index is 5.81. The Bertz CT molecular complexity index is 364. The summed E-state index contributed by atoms with van der Waals surface area (Å²) in [5.41, 5.74) is 9.05.